The summed E-state index contributed by atoms with van der Waals surface area (Å²) in [7, 11) is 0. The monoisotopic (exact) mass is 403 g/mol. The maximum absolute atomic E-state index is 12.0. The van der Waals surface area contributed by atoms with Gasteiger partial charge >= 0.3 is 5.97 Å². The number of carbonyl (C=O) groups is 1. The fourth-order valence-corrected chi connectivity index (χ4v) is 4.68. The SMILES string of the molecule is CCOC(=O)Cc1oc(-c2cc3ccccc3s2)nc1-c1ccc(Cl)s1. The molecule has 3 aromatic heterocycles. The second-order valence-electron chi connectivity index (χ2n) is 5.52. The molecular formula is C19H14ClNO3S2. The predicted octanol–water partition coefficient (Wildman–Crippen LogP) is 6.04. The van der Waals surface area contributed by atoms with E-state index < -0.39 is 0 Å². The first-order valence-electron chi connectivity index (χ1n) is 8.04. The van der Waals surface area contributed by atoms with Crippen LogP contribution in [0.1, 0.15) is 12.7 Å². The summed E-state index contributed by atoms with van der Waals surface area (Å²) in [5, 5.41) is 1.14. The third-order valence-electron chi connectivity index (χ3n) is 3.75. The van der Waals surface area contributed by atoms with Crippen LogP contribution in [0.25, 0.3) is 31.4 Å². The largest absolute Gasteiger partial charge is 0.466 e. The summed E-state index contributed by atoms with van der Waals surface area (Å²) >= 11 is 9.08. The Morgan fingerprint density at radius 3 is 2.77 bits per heavy atom. The molecule has 1 aromatic carbocycles. The lowest BCUT2D eigenvalue weighted by molar-refractivity contribution is -0.142. The van der Waals surface area contributed by atoms with Crippen molar-refractivity contribution in [2.75, 3.05) is 6.61 Å². The van der Waals surface area contributed by atoms with Crippen LogP contribution in [-0.2, 0) is 16.0 Å². The number of rotatable bonds is 5. The number of aromatic nitrogens is 1. The average Bonchev–Trinajstić information content (AvgIpc) is 3.32. The first kappa shape index (κ1) is 17.3. The molecule has 4 rings (SSSR count). The minimum atomic E-state index is -0.338. The second-order valence-corrected chi connectivity index (χ2v) is 8.32. The highest BCUT2D eigenvalue weighted by Gasteiger charge is 2.21. The van der Waals surface area contributed by atoms with E-state index in [2.05, 4.69) is 17.1 Å². The number of hydrogen-bond donors (Lipinski definition) is 0. The zero-order valence-corrected chi connectivity index (χ0v) is 16.2. The van der Waals surface area contributed by atoms with E-state index in [-0.39, 0.29) is 12.4 Å². The molecule has 0 aliphatic carbocycles. The van der Waals surface area contributed by atoms with E-state index in [0.29, 0.717) is 28.3 Å². The Morgan fingerprint density at radius 1 is 1.19 bits per heavy atom. The van der Waals surface area contributed by atoms with E-state index in [1.807, 2.05) is 30.3 Å². The second kappa shape index (κ2) is 7.23. The summed E-state index contributed by atoms with van der Waals surface area (Å²) in [6, 6.07) is 13.9. The van der Waals surface area contributed by atoms with Gasteiger partial charge in [-0.2, -0.15) is 0 Å². The molecule has 0 saturated heterocycles. The molecule has 3 heterocycles. The van der Waals surface area contributed by atoms with Gasteiger partial charge in [0.1, 0.15) is 17.9 Å². The van der Waals surface area contributed by atoms with E-state index in [9.17, 15) is 4.79 Å². The van der Waals surface area contributed by atoms with Crippen molar-refractivity contribution in [1.29, 1.82) is 0 Å². The zero-order chi connectivity index (χ0) is 18.1. The molecule has 0 amide bonds. The summed E-state index contributed by atoms with van der Waals surface area (Å²) < 4.78 is 12.9. The molecule has 26 heavy (non-hydrogen) atoms. The van der Waals surface area contributed by atoms with Crippen LogP contribution in [0.15, 0.2) is 46.9 Å². The van der Waals surface area contributed by atoms with Crippen LogP contribution in [0, 0.1) is 0 Å². The lowest BCUT2D eigenvalue weighted by Crippen LogP contribution is -2.07. The van der Waals surface area contributed by atoms with Crippen LogP contribution in [0.5, 0.6) is 0 Å². The summed E-state index contributed by atoms with van der Waals surface area (Å²) in [4.78, 5) is 18.4. The number of ether oxygens (including phenoxy) is 1. The number of esters is 1. The molecule has 4 aromatic rings. The molecule has 0 fully saturated rings. The number of fused-ring (bicyclic) bond motifs is 1. The first-order valence-corrected chi connectivity index (χ1v) is 10.0. The molecule has 0 saturated carbocycles. The smallest absolute Gasteiger partial charge is 0.313 e. The lowest BCUT2D eigenvalue weighted by atomic mass is 10.2. The Labute approximate surface area is 163 Å². The number of halogens is 1. The van der Waals surface area contributed by atoms with Crippen molar-refractivity contribution in [1.82, 2.24) is 4.98 Å². The standard InChI is InChI=1S/C19H14ClNO3S2/c1-2-23-17(22)10-12-18(14-7-8-16(20)26-14)21-19(24-12)15-9-11-5-3-4-6-13(11)25-15/h3-9H,2,10H2,1H3. The van der Waals surface area contributed by atoms with E-state index >= 15 is 0 Å². The van der Waals surface area contributed by atoms with Crippen molar-refractivity contribution in [3.05, 3.63) is 52.6 Å². The van der Waals surface area contributed by atoms with Gasteiger partial charge < -0.3 is 9.15 Å². The van der Waals surface area contributed by atoms with E-state index in [1.54, 1.807) is 18.3 Å². The number of nitrogens with zero attached hydrogens (tertiary/aromatic N) is 1. The number of thiophene rings is 2. The van der Waals surface area contributed by atoms with Crippen LogP contribution >= 0.6 is 34.3 Å². The van der Waals surface area contributed by atoms with E-state index in [4.69, 9.17) is 20.8 Å². The molecule has 0 radical (unpaired) electrons. The van der Waals surface area contributed by atoms with Crippen molar-refractivity contribution in [2.24, 2.45) is 0 Å². The molecule has 0 spiro atoms. The summed E-state index contributed by atoms with van der Waals surface area (Å²) in [5.41, 5.74) is 0.641. The zero-order valence-electron chi connectivity index (χ0n) is 13.8. The van der Waals surface area contributed by atoms with Gasteiger partial charge in [0.25, 0.3) is 0 Å². The van der Waals surface area contributed by atoms with Crippen LogP contribution in [0.3, 0.4) is 0 Å². The van der Waals surface area contributed by atoms with Gasteiger partial charge in [0.2, 0.25) is 5.89 Å². The number of hydrogen-bond acceptors (Lipinski definition) is 6. The van der Waals surface area contributed by atoms with Gasteiger partial charge in [-0.05, 0) is 36.6 Å². The highest BCUT2D eigenvalue weighted by atomic mass is 35.5. The predicted molar refractivity (Wildman–Crippen MR) is 106 cm³/mol. The third kappa shape index (κ3) is 3.40. The van der Waals surface area contributed by atoms with Crippen LogP contribution < -0.4 is 0 Å². The van der Waals surface area contributed by atoms with Crippen molar-refractivity contribution < 1.29 is 13.9 Å². The van der Waals surface area contributed by atoms with Crippen LogP contribution in [0.4, 0.5) is 0 Å². The van der Waals surface area contributed by atoms with Gasteiger partial charge in [0.05, 0.1) is 20.7 Å². The molecule has 132 valence electrons. The van der Waals surface area contributed by atoms with Gasteiger partial charge in [0, 0.05) is 4.70 Å². The average molecular weight is 404 g/mol. The fourth-order valence-electron chi connectivity index (χ4n) is 2.64. The Bertz CT molecular complexity index is 1050. The summed E-state index contributed by atoms with van der Waals surface area (Å²) in [6.45, 7) is 2.11. The third-order valence-corrected chi connectivity index (χ3v) is 6.09. The molecule has 0 aliphatic rings. The molecular weight excluding hydrogens is 390 g/mol. The Kier molecular flexibility index (Phi) is 4.80. The highest BCUT2D eigenvalue weighted by molar-refractivity contribution is 7.22. The van der Waals surface area contributed by atoms with Crippen molar-refractivity contribution in [3.8, 4) is 21.3 Å². The molecule has 0 unspecified atom stereocenters. The van der Waals surface area contributed by atoms with E-state index in [1.165, 1.54) is 11.3 Å². The van der Waals surface area contributed by atoms with Gasteiger partial charge in [-0.1, -0.05) is 29.8 Å². The molecule has 7 heteroatoms. The van der Waals surface area contributed by atoms with Crippen molar-refractivity contribution in [3.63, 3.8) is 0 Å². The highest BCUT2D eigenvalue weighted by Crippen LogP contribution is 2.38. The maximum Gasteiger partial charge on any atom is 0.313 e. The topological polar surface area (TPSA) is 52.3 Å². The minimum absolute atomic E-state index is 0.0383. The molecule has 0 aliphatic heterocycles. The summed E-state index contributed by atoms with van der Waals surface area (Å²) in [5.74, 6) is 0.662. The number of benzene rings is 1. The number of carbonyl (C=O) groups excluding carboxylic acids is 1. The fraction of sp³-hybridized carbons (Fsp3) is 0.158. The summed E-state index contributed by atoms with van der Waals surface area (Å²) in [6.07, 6.45) is 0.0383. The van der Waals surface area contributed by atoms with Crippen molar-refractivity contribution in [2.45, 2.75) is 13.3 Å². The quantitative estimate of drug-likeness (QED) is 0.381. The van der Waals surface area contributed by atoms with Gasteiger partial charge in [-0.25, -0.2) is 4.98 Å². The number of oxazole rings is 1. The van der Waals surface area contributed by atoms with Gasteiger partial charge in [-0.15, -0.1) is 22.7 Å². The normalized spacial score (nSPS) is 11.2. The van der Waals surface area contributed by atoms with E-state index in [0.717, 1.165) is 19.8 Å². The molecule has 0 atom stereocenters. The molecule has 0 bridgehead atoms. The molecule has 0 N–H and O–H groups in total. The Morgan fingerprint density at radius 2 is 2.04 bits per heavy atom. The Balaban J connectivity index is 1.78. The molecule has 4 nitrogen and oxygen atoms in total. The minimum Gasteiger partial charge on any atom is -0.466 e. The Hall–Kier alpha value is -2.15. The maximum atomic E-state index is 12.0. The van der Waals surface area contributed by atoms with Gasteiger partial charge in [-0.3, -0.25) is 4.79 Å². The van der Waals surface area contributed by atoms with Crippen LogP contribution in [0.2, 0.25) is 4.34 Å². The lowest BCUT2D eigenvalue weighted by Gasteiger charge is -2.00. The van der Waals surface area contributed by atoms with Gasteiger partial charge in [0.15, 0.2) is 0 Å². The van der Waals surface area contributed by atoms with Crippen molar-refractivity contribution >= 4 is 50.3 Å². The first-order chi connectivity index (χ1) is 12.6. The van der Waals surface area contributed by atoms with Crippen LogP contribution in [-0.4, -0.2) is 17.6 Å².